The van der Waals surface area contributed by atoms with E-state index in [1.165, 1.54) is 5.57 Å². The fourth-order valence-corrected chi connectivity index (χ4v) is 1.35. The van der Waals surface area contributed by atoms with Crippen LogP contribution >= 0.6 is 0 Å². The Morgan fingerprint density at radius 3 is 2.93 bits per heavy atom. The average Bonchev–Trinajstić information content (AvgIpc) is 2.18. The highest BCUT2D eigenvalue weighted by molar-refractivity contribution is 5.57. The molecule has 1 aromatic heterocycles. The van der Waals surface area contributed by atoms with Gasteiger partial charge in [0.25, 0.3) is 0 Å². The summed E-state index contributed by atoms with van der Waals surface area (Å²) in [7, 11) is 0. The highest BCUT2D eigenvalue weighted by atomic mass is 14.6. The first kappa shape index (κ1) is 10.5. The molecule has 0 N–H and O–H groups in total. The first-order valence-electron chi connectivity index (χ1n) is 4.66. The maximum absolute atomic E-state index is 4.16. The number of allylic oxidation sites excluding steroid dienone is 3. The third-order valence-electron chi connectivity index (χ3n) is 1.97. The van der Waals surface area contributed by atoms with Gasteiger partial charge in [-0.3, -0.25) is 4.98 Å². The Morgan fingerprint density at radius 2 is 2.36 bits per heavy atom. The molecule has 0 spiro atoms. The van der Waals surface area contributed by atoms with Crippen molar-refractivity contribution < 1.29 is 0 Å². The van der Waals surface area contributed by atoms with Gasteiger partial charge in [0.2, 0.25) is 0 Å². The molecule has 0 saturated carbocycles. The van der Waals surface area contributed by atoms with E-state index in [0.29, 0.717) is 0 Å². The van der Waals surface area contributed by atoms with Crippen LogP contribution in [0.3, 0.4) is 0 Å². The number of hydrogen-bond acceptors (Lipinski definition) is 1. The monoisotopic (exact) mass is 185 g/mol. The molecule has 1 heteroatoms. The van der Waals surface area contributed by atoms with Gasteiger partial charge in [0, 0.05) is 11.4 Å². The molecule has 0 aromatic carbocycles. The fourth-order valence-electron chi connectivity index (χ4n) is 1.35. The summed E-state index contributed by atoms with van der Waals surface area (Å²) < 4.78 is 0. The van der Waals surface area contributed by atoms with Gasteiger partial charge in [0.15, 0.2) is 0 Å². The number of hydrogen-bond donors (Lipinski definition) is 0. The Kier molecular flexibility index (Phi) is 3.86. The van der Waals surface area contributed by atoms with Gasteiger partial charge in [-0.25, -0.2) is 0 Å². The van der Waals surface area contributed by atoms with Crippen LogP contribution in [0.2, 0.25) is 0 Å². The summed E-state index contributed by atoms with van der Waals surface area (Å²) in [6.07, 6.45) is 8.59. The molecule has 0 atom stereocenters. The molecular formula is C13H15N. The van der Waals surface area contributed by atoms with Crippen molar-refractivity contribution in [3.05, 3.63) is 53.7 Å². The van der Waals surface area contributed by atoms with Gasteiger partial charge < -0.3 is 0 Å². The lowest BCUT2D eigenvalue weighted by molar-refractivity contribution is 1.21. The van der Waals surface area contributed by atoms with E-state index in [4.69, 9.17) is 0 Å². The van der Waals surface area contributed by atoms with Crippen LogP contribution in [0.25, 0.3) is 12.2 Å². The van der Waals surface area contributed by atoms with Crippen LogP contribution < -0.4 is 10.6 Å². The van der Waals surface area contributed by atoms with E-state index < -0.39 is 0 Å². The summed E-state index contributed by atoms with van der Waals surface area (Å²) in [5.41, 5.74) is 1.21. The van der Waals surface area contributed by atoms with E-state index in [1.807, 2.05) is 31.2 Å². The average molecular weight is 185 g/mol. The molecule has 72 valence electrons. The molecule has 14 heavy (non-hydrogen) atoms. The van der Waals surface area contributed by atoms with Crippen molar-refractivity contribution in [2.45, 2.75) is 13.3 Å². The minimum atomic E-state index is 0.822. The predicted octanol–water partition coefficient (Wildman–Crippen LogP) is 1.79. The van der Waals surface area contributed by atoms with E-state index in [0.717, 1.165) is 17.0 Å². The quantitative estimate of drug-likeness (QED) is 0.654. The third-order valence-corrected chi connectivity index (χ3v) is 1.97. The Bertz CT molecular complexity index is 441. The van der Waals surface area contributed by atoms with Crippen LogP contribution in [-0.4, -0.2) is 4.98 Å². The lowest BCUT2D eigenvalue weighted by Crippen LogP contribution is -2.27. The molecule has 1 heterocycles. The summed E-state index contributed by atoms with van der Waals surface area (Å²) in [5.74, 6) is 0. The second kappa shape index (κ2) is 5.18. The SMILES string of the molecule is C=CCC(/C=C\C)=c1\cccnc1=C. The molecule has 0 aliphatic heterocycles. The van der Waals surface area contributed by atoms with E-state index in [-0.39, 0.29) is 0 Å². The first-order valence-corrected chi connectivity index (χ1v) is 4.66. The molecular weight excluding hydrogens is 170 g/mol. The van der Waals surface area contributed by atoms with Crippen LogP contribution in [-0.2, 0) is 0 Å². The maximum atomic E-state index is 4.16. The van der Waals surface area contributed by atoms with Gasteiger partial charge >= 0.3 is 0 Å². The summed E-state index contributed by atoms with van der Waals surface area (Å²) >= 11 is 0. The van der Waals surface area contributed by atoms with E-state index in [1.54, 1.807) is 6.20 Å². The molecule has 0 unspecified atom stereocenters. The lowest BCUT2D eigenvalue weighted by atomic mass is 10.1. The molecule has 1 aromatic rings. The first-order chi connectivity index (χ1) is 6.79. The van der Waals surface area contributed by atoms with Crippen molar-refractivity contribution in [2.24, 2.45) is 0 Å². The van der Waals surface area contributed by atoms with Crippen molar-refractivity contribution in [3.8, 4) is 0 Å². The topological polar surface area (TPSA) is 12.9 Å². The zero-order valence-electron chi connectivity index (χ0n) is 8.53. The molecule has 0 aliphatic rings. The van der Waals surface area contributed by atoms with Crippen molar-refractivity contribution in [1.82, 2.24) is 4.98 Å². The Morgan fingerprint density at radius 1 is 1.57 bits per heavy atom. The number of pyridine rings is 1. The fraction of sp³-hybridized carbons (Fsp3) is 0.154. The summed E-state index contributed by atoms with van der Waals surface area (Å²) in [6, 6.07) is 3.96. The van der Waals surface area contributed by atoms with Gasteiger partial charge in [-0.15, -0.1) is 6.58 Å². The standard InChI is InChI=1S/C13H15N/c1-4-7-12(8-5-2)13-9-6-10-14-11(13)3/h4-6,8-10H,1,3,7H2,2H3/b8-5-,13-12-. The van der Waals surface area contributed by atoms with E-state index in [9.17, 15) is 0 Å². The molecule has 0 amide bonds. The summed E-state index contributed by atoms with van der Waals surface area (Å²) in [6.45, 7) is 9.65. The normalized spacial score (nSPS) is 12.9. The van der Waals surface area contributed by atoms with Crippen LogP contribution in [0.5, 0.6) is 0 Å². The number of aromatic nitrogens is 1. The smallest absolute Gasteiger partial charge is 0.0633 e. The van der Waals surface area contributed by atoms with Crippen LogP contribution in [0, 0.1) is 0 Å². The largest absolute Gasteiger partial charge is 0.257 e. The molecule has 0 saturated heterocycles. The zero-order chi connectivity index (χ0) is 10.4. The van der Waals surface area contributed by atoms with Gasteiger partial charge in [-0.2, -0.15) is 0 Å². The number of nitrogens with zero attached hydrogens (tertiary/aromatic N) is 1. The molecule has 0 radical (unpaired) electrons. The third kappa shape index (κ3) is 2.43. The molecule has 1 nitrogen and oxygen atoms in total. The van der Waals surface area contributed by atoms with Crippen molar-refractivity contribution in [2.75, 3.05) is 0 Å². The number of rotatable bonds is 3. The van der Waals surface area contributed by atoms with Crippen LogP contribution in [0.1, 0.15) is 13.3 Å². The Hall–Kier alpha value is -1.63. The minimum Gasteiger partial charge on any atom is -0.257 e. The molecule has 0 fully saturated rings. The van der Waals surface area contributed by atoms with Crippen LogP contribution in [0.15, 0.2) is 43.1 Å². The van der Waals surface area contributed by atoms with Crippen molar-refractivity contribution in [3.63, 3.8) is 0 Å². The predicted molar refractivity (Wildman–Crippen MR) is 62.0 cm³/mol. The van der Waals surface area contributed by atoms with E-state index >= 15 is 0 Å². The van der Waals surface area contributed by atoms with Gasteiger partial charge in [-0.1, -0.05) is 30.9 Å². The molecule has 1 rings (SSSR count). The maximum Gasteiger partial charge on any atom is 0.0633 e. The Labute approximate surface area is 84.8 Å². The highest BCUT2D eigenvalue weighted by Crippen LogP contribution is 2.01. The van der Waals surface area contributed by atoms with E-state index in [2.05, 4.69) is 24.2 Å². The summed E-state index contributed by atoms with van der Waals surface area (Å²) in [4.78, 5) is 4.16. The van der Waals surface area contributed by atoms with Crippen molar-refractivity contribution >= 4 is 12.2 Å². The summed E-state index contributed by atoms with van der Waals surface area (Å²) in [5, 5.41) is 1.92. The van der Waals surface area contributed by atoms with Crippen LogP contribution in [0.4, 0.5) is 0 Å². The van der Waals surface area contributed by atoms with Gasteiger partial charge in [-0.05, 0) is 25.0 Å². The second-order valence-electron chi connectivity index (χ2n) is 3.02. The minimum absolute atomic E-state index is 0.822. The molecule has 0 aliphatic carbocycles. The van der Waals surface area contributed by atoms with Gasteiger partial charge in [0.1, 0.15) is 0 Å². The lowest BCUT2D eigenvalue weighted by Gasteiger charge is -1.97. The highest BCUT2D eigenvalue weighted by Gasteiger charge is 1.92. The second-order valence-corrected chi connectivity index (χ2v) is 3.02. The molecule has 0 bridgehead atoms. The van der Waals surface area contributed by atoms with Crippen molar-refractivity contribution in [1.29, 1.82) is 0 Å². The zero-order valence-corrected chi connectivity index (χ0v) is 8.53. The Balaban J connectivity index is 3.43. The van der Waals surface area contributed by atoms with Gasteiger partial charge in [0.05, 0.1) is 5.35 Å².